The molecule has 146 heavy (non-hydrogen) atoms. The topological polar surface area (TPSA) is 359 Å². The van der Waals surface area contributed by atoms with Crippen LogP contribution in [0.4, 0.5) is 0 Å². The molecule has 27 nitrogen and oxygen atoms in total. The van der Waals surface area contributed by atoms with Crippen LogP contribution in [0.25, 0.3) is 174 Å². The number of hydrogen-bond acceptors (Lipinski definition) is 19. The Morgan fingerprint density at radius 1 is 0.240 bits per heavy atom. The number of aryl methyl sites for hydroxylation is 2. The van der Waals surface area contributed by atoms with Crippen LogP contribution < -0.4 is 0 Å². The van der Waals surface area contributed by atoms with E-state index < -0.39 is 0 Å². The Kier molecular flexibility index (Phi) is 30.1. The van der Waals surface area contributed by atoms with Gasteiger partial charge in [-0.15, -0.1) is 34.0 Å². The maximum atomic E-state index is 5.85. The molecule has 0 spiro atoms. The fraction of sp³-hybridized carbons (Fsp3) is 0.431. The van der Waals surface area contributed by atoms with E-state index >= 15 is 0 Å². The van der Waals surface area contributed by atoms with Crippen LogP contribution in [0.3, 0.4) is 0 Å². The first-order valence-corrected chi connectivity index (χ1v) is 54.6. The molecule has 0 atom stereocenters. The molecular formula is C116H145N25O2S3. The lowest BCUT2D eigenvalue weighted by Crippen LogP contribution is -1.99. The molecule has 0 saturated carbocycles. The molecule has 0 aliphatic heterocycles. The largest absolute Gasteiger partial charge is 0.461 e. The van der Waals surface area contributed by atoms with E-state index in [1.54, 1.807) is 22.7 Å². The van der Waals surface area contributed by atoms with Crippen LogP contribution in [-0.2, 0) is 14.1 Å². The standard InChI is InChI=1S/2C15H20N4.C15H18N2O.C15H18N2S.C14H18N4.C14H17N3O.2C14H17N3S/c1-8(2)14-16-10-6-7-11-13(12(10)17-14)18-15(9(3)4)19(11)5;1-8(2)14-16-10-6-7-11-13(12(10)18-14)19(5)15(17-11)9(3)4;2*1-8(2)13-7-10-12(18-13)6-5-11-14(10)17-15(16-11)9(3)4;2*1-7(2)13-15-9-5-6-10-12(11(9)17-13)18-14(16-10)8(3)4;1-7(2)13-15-9-5-6-10-12(11(9)16-13)17-14(18-10)8(3)4;1-7(2)13-15-9-5-6-10-12(11(9)17-13)18-14(16-10)8(3)4/h6-9H,1-5H3,(H,16,17);6-9H,1-5H3,(H,16,18);2*5-9H,1-4H3,(H,16,17);5-8H,1-4H3,(H,15,17)(H,16,18);5-8H,1-4H3,(H,15,17);5-8H,1-4H3,(H,15,16);5-8H,1-4H3,(H,15,17). The lowest BCUT2D eigenvalue weighted by atomic mass is 10.1. The van der Waals surface area contributed by atoms with Crippen molar-refractivity contribution in [1.82, 2.24) is 124 Å². The Labute approximate surface area is 864 Å². The summed E-state index contributed by atoms with van der Waals surface area (Å²) < 4.78 is 19.8. The second kappa shape index (κ2) is 42.3. The number of nitrogens with zero attached hydrogens (tertiary/aromatic N) is 16. The summed E-state index contributed by atoms with van der Waals surface area (Å²) in [6.07, 6.45) is 0. The summed E-state index contributed by atoms with van der Waals surface area (Å²) in [6.45, 7) is 68.9. The number of nitrogens with one attached hydrogen (secondary N) is 9. The van der Waals surface area contributed by atoms with Gasteiger partial charge in [0.2, 0.25) is 0 Å². The third kappa shape index (κ3) is 21.1. The SMILES string of the molecule is CC(C)c1nc2c(ccc3[nH]c(C(C)C)nc32)[nH]1.CC(C)c1nc2c(ccc3c2nc(C(C)C)n3C)[nH]1.CC(C)c1nc2c(ccc3nc(C(C)C)n(C)c32)[nH]1.CC(C)c1nc2c(ccc3nc(C(C)C)oc32)[nH]1.CC(C)c1nc2c(ccc3nc(C(C)C)sc32)[nH]1.CC(C)c1nc2c(ccc3oc(C(C)C)cc32)[nH]1.CC(C)c1nc2c(ccc3sc(C(C)C)cc32)[nH]1.CC(C)c1nc2c(ccc3sc(C(C)C)nc32)[nH]1. The average molecular weight is 2020 g/mol. The Balaban J connectivity index is 0.000000114. The second-order valence-corrected chi connectivity index (χ2v) is 47.0. The highest BCUT2D eigenvalue weighted by atomic mass is 32.1. The number of aromatic nitrogens is 25. The molecule has 0 saturated heterocycles. The number of thiazole rings is 2. The van der Waals surface area contributed by atoms with Crippen molar-refractivity contribution >= 4 is 208 Å². The molecule has 0 bridgehead atoms. The van der Waals surface area contributed by atoms with Gasteiger partial charge < -0.3 is 62.8 Å². The van der Waals surface area contributed by atoms with Crippen LogP contribution in [0.5, 0.6) is 0 Å². The Bertz CT molecular complexity index is 7410. The van der Waals surface area contributed by atoms with Crippen molar-refractivity contribution in [3.63, 3.8) is 0 Å². The van der Waals surface area contributed by atoms with Gasteiger partial charge in [0.25, 0.3) is 0 Å². The minimum Gasteiger partial charge on any atom is -0.461 e. The lowest BCUT2D eigenvalue weighted by molar-refractivity contribution is 0.503. The Morgan fingerprint density at radius 2 is 0.603 bits per heavy atom. The van der Waals surface area contributed by atoms with Gasteiger partial charge in [-0.1, -0.05) is 222 Å². The van der Waals surface area contributed by atoms with Gasteiger partial charge in [0, 0.05) is 123 Å². The average Bonchev–Trinajstić information content (AvgIpc) is 1.64. The van der Waals surface area contributed by atoms with Gasteiger partial charge in [-0.3, -0.25) is 0 Å². The minimum atomic E-state index is 0.288. The van der Waals surface area contributed by atoms with E-state index in [-0.39, 0.29) is 5.92 Å². The first-order chi connectivity index (χ1) is 69.3. The first kappa shape index (κ1) is 104. The predicted octanol–water partition coefficient (Wildman–Crippen LogP) is 33.4. The normalized spacial score (nSPS) is 12.3. The van der Waals surface area contributed by atoms with Crippen molar-refractivity contribution in [3.8, 4) is 0 Å². The van der Waals surface area contributed by atoms with Crippen molar-refractivity contribution in [3.05, 3.63) is 200 Å². The van der Waals surface area contributed by atoms with Gasteiger partial charge in [0.15, 0.2) is 11.5 Å². The predicted molar refractivity (Wildman–Crippen MR) is 611 cm³/mol. The van der Waals surface area contributed by atoms with Crippen LogP contribution in [0.15, 0.2) is 118 Å². The van der Waals surface area contributed by atoms with E-state index in [0.29, 0.717) is 88.8 Å². The maximum Gasteiger partial charge on any atom is 0.198 e. The highest BCUT2D eigenvalue weighted by Crippen LogP contribution is 2.41. The zero-order valence-electron chi connectivity index (χ0n) is 91.3. The minimum absolute atomic E-state index is 0.288. The number of fused-ring (bicyclic) bond motifs is 24. The summed E-state index contributed by atoms with van der Waals surface area (Å²) in [7, 11) is 4.15. The van der Waals surface area contributed by atoms with E-state index in [2.05, 4.69) is 399 Å². The second-order valence-electron chi connectivity index (χ2n) is 43.8. The number of rotatable bonds is 16. The third-order valence-electron chi connectivity index (χ3n) is 26.3. The number of thiophene rings is 1. The molecule has 764 valence electrons. The highest BCUT2D eigenvalue weighted by molar-refractivity contribution is 7.20. The van der Waals surface area contributed by atoms with Gasteiger partial charge >= 0.3 is 0 Å². The van der Waals surface area contributed by atoms with Gasteiger partial charge in [-0.2, -0.15) is 0 Å². The van der Waals surface area contributed by atoms with Crippen LogP contribution in [0.1, 0.15) is 407 Å². The molecule has 9 N–H and O–H groups in total. The first-order valence-electron chi connectivity index (χ1n) is 52.1. The van der Waals surface area contributed by atoms with Crippen LogP contribution in [0.2, 0.25) is 0 Å². The Morgan fingerprint density at radius 3 is 1.06 bits per heavy atom. The van der Waals surface area contributed by atoms with Gasteiger partial charge in [-0.25, -0.2) is 69.8 Å². The quantitative estimate of drug-likeness (QED) is 0.0434. The molecule has 0 aliphatic carbocycles. The zero-order chi connectivity index (χ0) is 105. The lowest BCUT2D eigenvalue weighted by Gasteiger charge is -2.04. The van der Waals surface area contributed by atoms with Crippen molar-refractivity contribution in [2.45, 2.75) is 316 Å². The number of imidazole rings is 11. The summed E-state index contributed by atoms with van der Waals surface area (Å²) in [5.41, 5.74) is 27.8. The molecule has 0 fully saturated rings. The molecule has 24 rings (SSSR count). The molecule has 16 aromatic heterocycles. The van der Waals surface area contributed by atoms with Gasteiger partial charge in [-0.05, 0) is 115 Å². The summed E-state index contributed by atoms with van der Waals surface area (Å²) in [5, 5.41) is 4.78. The molecule has 0 aliphatic rings. The number of oxazole rings is 1. The van der Waals surface area contributed by atoms with E-state index in [4.69, 9.17) is 53.7 Å². The molecular weight excluding hydrogens is 1870 g/mol. The highest BCUT2D eigenvalue weighted by Gasteiger charge is 2.26. The molecule has 8 aromatic carbocycles. The summed E-state index contributed by atoms with van der Waals surface area (Å²) >= 11 is 5.42. The molecule has 0 radical (unpaired) electrons. The number of H-pyrrole nitrogens is 9. The van der Waals surface area contributed by atoms with Crippen LogP contribution in [0, 0.1) is 0 Å². The van der Waals surface area contributed by atoms with Crippen molar-refractivity contribution < 1.29 is 8.83 Å². The number of aromatic amines is 9. The molecule has 24 aromatic rings. The zero-order valence-corrected chi connectivity index (χ0v) is 93.8. The van der Waals surface area contributed by atoms with E-state index in [9.17, 15) is 0 Å². The summed E-state index contributed by atoms with van der Waals surface area (Å²) in [4.78, 5) is 97.6. The third-order valence-corrected chi connectivity index (χ3v) is 30.4. The van der Waals surface area contributed by atoms with Crippen LogP contribution in [-0.4, -0.2) is 124 Å². The van der Waals surface area contributed by atoms with E-state index in [1.807, 2.05) is 35.6 Å². The number of benzene rings is 8. The molecule has 16 heterocycles. The molecule has 0 unspecified atom stereocenters. The summed E-state index contributed by atoms with van der Waals surface area (Å²) in [5.74, 6) is 20.0. The Hall–Kier alpha value is -13.3. The molecule has 30 heteroatoms. The van der Waals surface area contributed by atoms with Gasteiger partial charge in [0.1, 0.15) is 131 Å². The van der Waals surface area contributed by atoms with Crippen molar-refractivity contribution in [2.75, 3.05) is 0 Å². The van der Waals surface area contributed by atoms with Crippen molar-refractivity contribution in [1.29, 1.82) is 0 Å². The fourth-order valence-corrected chi connectivity index (χ4v) is 20.8. The monoisotopic (exact) mass is 2020 g/mol. The van der Waals surface area contributed by atoms with Crippen LogP contribution >= 0.6 is 34.0 Å². The number of furan rings is 1. The number of hydrogen-bond donors (Lipinski definition) is 9. The maximum absolute atomic E-state index is 5.85. The van der Waals surface area contributed by atoms with E-state index in [1.165, 1.54) is 34.4 Å². The smallest absolute Gasteiger partial charge is 0.198 e. The van der Waals surface area contributed by atoms with Gasteiger partial charge in [0.05, 0.1) is 102 Å². The summed E-state index contributed by atoms with van der Waals surface area (Å²) in [6, 6.07) is 37.8. The van der Waals surface area contributed by atoms with Crippen molar-refractivity contribution in [2.24, 2.45) is 14.1 Å². The van der Waals surface area contributed by atoms with E-state index in [0.717, 1.165) is 230 Å². The molecule has 0 amide bonds. The fourth-order valence-electron chi connectivity index (χ4n) is 17.7.